The number of likely N-dealkylation sites (N-methyl/N-ethyl adjacent to an activating group) is 1. The van der Waals surface area contributed by atoms with Crippen LogP contribution in [0.4, 0.5) is 0 Å². The second-order valence-electron chi connectivity index (χ2n) is 5.05. The van der Waals surface area contributed by atoms with Crippen LogP contribution in [0.2, 0.25) is 0 Å². The van der Waals surface area contributed by atoms with Gasteiger partial charge in [-0.25, -0.2) is 4.68 Å². The number of carboxylic acids is 1. The number of fused-ring (bicyclic) bond motifs is 4. The summed E-state index contributed by atoms with van der Waals surface area (Å²) in [5, 5.41) is 13.0. The summed E-state index contributed by atoms with van der Waals surface area (Å²) in [7, 11) is 2.08. The quantitative estimate of drug-likeness (QED) is 0.799. The van der Waals surface area contributed by atoms with Crippen molar-refractivity contribution in [1.82, 2.24) is 14.7 Å². The van der Waals surface area contributed by atoms with Crippen LogP contribution in [-0.4, -0.2) is 38.8 Å². The van der Waals surface area contributed by atoms with Gasteiger partial charge < -0.3 is 5.11 Å². The lowest BCUT2D eigenvalue weighted by Gasteiger charge is -2.32. The zero-order chi connectivity index (χ0) is 12.9. The normalized spacial score (nSPS) is 26.1. The Hall–Kier alpha value is -1.69. The van der Waals surface area contributed by atoms with E-state index in [0.29, 0.717) is 6.04 Å². The second kappa shape index (κ2) is 3.91. The van der Waals surface area contributed by atoms with Gasteiger partial charge in [0.1, 0.15) is 6.54 Å². The molecule has 1 fully saturated rings. The molecule has 2 aliphatic heterocycles. The van der Waals surface area contributed by atoms with Gasteiger partial charge >= 0.3 is 5.97 Å². The van der Waals surface area contributed by atoms with E-state index in [-0.39, 0.29) is 18.1 Å². The Morgan fingerprint density at radius 2 is 2.33 bits per heavy atom. The van der Waals surface area contributed by atoms with Gasteiger partial charge in [-0.2, -0.15) is 5.10 Å². The highest BCUT2D eigenvalue weighted by Crippen LogP contribution is 2.40. The minimum absolute atomic E-state index is 0.276. The number of carboxylic acid groups (broad SMARTS) is 1. The fourth-order valence-corrected chi connectivity index (χ4v) is 3.09. The minimum atomic E-state index is -1.04. The van der Waals surface area contributed by atoms with Crippen LogP contribution in [0.25, 0.3) is 0 Å². The summed E-state index contributed by atoms with van der Waals surface area (Å²) < 4.78 is 1.05. The zero-order valence-corrected chi connectivity index (χ0v) is 10.2. The molecule has 6 heteroatoms. The largest absolute Gasteiger partial charge is 0.480 e. The van der Waals surface area contributed by atoms with Crippen molar-refractivity contribution in [2.75, 3.05) is 7.05 Å². The van der Waals surface area contributed by atoms with Crippen molar-refractivity contribution in [1.29, 1.82) is 0 Å². The third-order valence-corrected chi connectivity index (χ3v) is 4.02. The molecule has 6 nitrogen and oxygen atoms in total. The van der Waals surface area contributed by atoms with Crippen molar-refractivity contribution < 1.29 is 9.90 Å². The third-order valence-electron chi connectivity index (χ3n) is 4.02. The molecule has 1 aromatic heterocycles. The van der Waals surface area contributed by atoms with Gasteiger partial charge in [-0.1, -0.05) is 0 Å². The molecule has 1 aromatic rings. The average molecular weight is 249 g/mol. The lowest BCUT2D eigenvalue weighted by Crippen LogP contribution is -2.38. The predicted octanol–water partition coefficient (Wildman–Crippen LogP) is 0.0193. The molecule has 3 heterocycles. The van der Waals surface area contributed by atoms with Crippen LogP contribution in [0.5, 0.6) is 0 Å². The van der Waals surface area contributed by atoms with Gasteiger partial charge in [0.2, 0.25) is 0 Å². The summed E-state index contributed by atoms with van der Waals surface area (Å²) in [5.74, 6) is -1.04. The van der Waals surface area contributed by atoms with E-state index in [1.54, 1.807) is 6.07 Å². The first-order valence-corrected chi connectivity index (χ1v) is 6.11. The molecule has 2 bridgehead atoms. The van der Waals surface area contributed by atoms with Crippen molar-refractivity contribution in [2.24, 2.45) is 0 Å². The molecular formula is C12H15N3O3. The summed E-state index contributed by atoms with van der Waals surface area (Å²) >= 11 is 0. The molecule has 2 atom stereocenters. The Morgan fingerprint density at radius 3 is 3.06 bits per heavy atom. The van der Waals surface area contributed by atoms with Crippen LogP contribution in [0, 0.1) is 0 Å². The topological polar surface area (TPSA) is 75.4 Å². The van der Waals surface area contributed by atoms with E-state index in [0.717, 1.165) is 35.2 Å². The molecular weight excluding hydrogens is 234 g/mol. The van der Waals surface area contributed by atoms with E-state index >= 15 is 0 Å². The van der Waals surface area contributed by atoms with Gasteiger partial charge in [0.05, 0.1) is 5.69 Å². The van der Waals surface area contributed by atoms with Gasteiger partial charge in [-0.05, 0) is 25.5 Å². The standard InChI is InChI=1S/C12H15N3O3/c1-14-7-2-3-10(14)8-5-11(16)15(6-12(17)18)13-9(8)4-7/h5,7,10H,2-4,6H2,1H3,(H,17,18)/t7-,10-/m0/s1. The van der Waals surface area contributed by atoms with Crippen molar-refractivity contribution in [3.05, 3.63) is 27.7 Å². The molecule has 3 rings (SSSR count). The Bertz CT molecular complexity index is 566. The summed E-state index contributed by atoms with van der Waals surface area (Å²) in [6.07, 6.45) is 2.98. The summed E-state index contributed by atoms with van der Waals surface area (Å²) in [6.45, 7) is -0.364. The van der Waals surface area contributed by atoms with E-state index < -0.39 is 5.97 Å². The summed E-state index contributed by atoms with van der Waals surface area (Å²) in [4.78, 5) is 24.8. The van der Waals surface area contributed by atoms with Crippen LogP contribution in [-0.2, 0) is 17.8 Å². The van der Waals surface area contributed by atoms with Gasteiger partial charge in [0.25, 0.3) is 5.56 Å². The van der Waals surface area contributed by atoms with Crippen LogP contribution in [0.3, 0.4) is 0 Å². The number of nitrogens with zero attached hydrogens (tertiary/aromatic N) is 3. The van der Waals surface area contributed by atoms with E-state index in [1.807, 2.05) is 0 Å². The lowest BCUT2D eigenvalue weighted by atomic mass is 9.99. The zero-order valence-electron chi connectivity index (χ0n) is 10.2. The highest BCUT2D eigenvalue weighted by Gasteiger charge is 2.38. The molecule has 1 N–H and O–H groups in total. The summed E-state index contributed by atoms with van der Waals surface area (Å²) in [5.41, 5.74) is 1.55. The Kier molecular flexibility index (Phi) is 2.48. The van der Waals surface area contributed by atoms with E-state index in [2.05, 4.69) is 17.0 Å². The van der Waals surface area contributed by atoms with Crippen LogP contribution in [0.15, 0.2) is 10.9 Å². The minimum Gasteiger partial charge on any atom is -0.480 e. The first-order chi connectivity index (χ1) is 8.56. The summed E-state index contributed by atoms with van der Waals surface area (Å²) in [6, 6.07) is 2.32. The monoisotopic (exact) mass is 249 g/mol. The third kappa shape index (κ3) is 1.64. The van der Waals surface area contributed by atoms with Gasteiger partial charge in [0.15, 0.2) is 0 Å². The molecule has 1 saturated heterocycles. The molecule has 0 amide bonds. The van der Waals surface area contributed by atoms with Crippen molar-refractivity contribution >= 4 is 5.97 Å². The maximum absolute atomic E-state index is 11.8. The van der Waals surface area contributed by atoms with Crippen molar-refractivity contribution in [3.8, 4) is 0 Å². The SMILES string of the molecule is CN1[C@H]2CC[C@H]1c1cc(=O)n(CC(=O)O)nc1C2. The second-order valence-corrected chi connectivity index (χ2v) is 5.05. The molecule has 0 radical (unpaired) electrons. The smallest absolute Gasteiger partial charge is 0.325 e. The molecule has 2 aliphatic rings. The first kappa shape index (κ1) is 11.4. The van der Waals surface area contributed by atoms with Crippen molar-refractivity contribution in [3.63, 3.8) is 0 Å². The van der Waals surface area contributed by atoms with Gasteiger partial charge in [-0.15, -0.1) is 0 Å². The number of rotatable bonds is 2. The fourth-order valence-electron chi connectivity index (χ4n) is 3.09. The maximum atomic E-state index is 11.8. The molecule has 0 aromatic carbocycles. The van der Waals surface area contributed by atoms with Gasteiger partial charge in [-0.3, -0.25) is 14.5 Å². The number of aliphatic carboxylic acids is 1. The van der Waals surface area contributed by atoms with Crippen LogP contribution < -0.4 is 5.56 Å². The van der Waals surface area contributed by atoms with Crippen LogP contribution in [0.1, 0.15) is 30.1 Å². The van der Waals surface area contributed by atoms with Crippen molar-refractivity contribution in [2.45, 2.75) is 37.9 Å². The Labute approximate surface area is 104 Å². The van der Waals surface area contributed by atoms with E-state index in [4.69, 9.17) is 5.11 Å². The molecule has 0 aliphatic carbocycles. The number of hydrogen-bond donors (Lipinski definition) is 1. The fraction of sp³-hybridized carbons (Fsp3) is 0.583. The number of carbonyl (C=O) groups is 1. The van der Waals surface area contributed by atoms with E-state index in [9.17, 15) is 9.59 Å². The molecule has 0 spiro atoms. The Balaban J connectivity index is 2.05. The highest BCUT2D eigenvalue weighted by molar-refractivity contribution is 5.66. The first-order valence-electron chi connectivity index (χ1n) is 6.11. The highest BCUT2D eigenvalue weighted by atomic mass is 16.4. The van der Waals surface area contributed by atoms with E-state index in [1.165, 1.54) is 0 Å². The average Bonchev–Trinajstić information content (AvgIpc) is 2.55. The maximum Gasteiger partial charge on any atom is 0.325 e. The van der Waals surface area contributed by atoms with Gasteiger partial charge in [0, 0.05) is 24.6 Å². The lowest BCUT2D eigenvalue weighted by molar-refractivity contribution is -0.138. The molecule has 0 saturated carbocycles. The Morgan fingerprint density at radius 1 is 1.56 bits per heavy atom. The molecule has 18 heavy (non-hydrogen) atoms. The van der Waals surface area contributed by atoms with Crippen LogP contribution >= 0.6 is 0 Å². The number of hydrogen-bond acceptors (Lipinski definition) is 4. The predicted molar refractivity (Wildman–Crippen MR) is 63.4 cm³/mol. The molecule has 96 valence electrons. The molecule has 0 unspecified atom stereocenters. The number of aromatic nitrogens is 2.